The van der Waals surface area contributed by atoms with Gasteiger partial charge in [-0.05, 0) is 57.7 Å². The lowest BCUT2D eigenvalue weighted by atomic mass is 9.98. The van der Waals surface area contributed by atoms with Gasteiger partial charge in [-0.2, -0.15) is 0 Å². The number of fused-ring (bicyclic) bond motifs is 1. The van der Waals surface area contributed by atoms with E-state index in [9.17, 15) is 14.7 Å². The van der Waals surface area contributed by atoms with Crippen molar-refractivity contribution in [3.8, 4) is 0 Å². The van der Waals surface area contributed by atoms with E-state index in [1.165, 1.54) is 0 Å². The maximum absolute atomic E-state index is 12.4. The van der Waals surface area contributed by atoms with Crippen LogP contribution >= 0.6 is 0 Å². The average Bonchev–Trinajstić information content (AvgIpc) is 3.35. The SMILES string of the molecule is Cc1[nH]c(C=C2C(=O)NC3=CCCC=C32)c(C)c1C(O)NCCCN1CCCC1=O. The zero-order valence-electron chi connectivity index (χ0n) is 17.7. The first-order chi connectivity index (χ1) is 14.5. The third kappa shape index (κ3) is 4.00. The van der Waals surface area contributed by atoms with E-state index >= 15 is 0 Å². The molecule has 7 nitrogen and oxygen atoms in total. The number of hydrogen-bond acceptors (Lipinski definition) is 4. The van der Waals surface area contributed by atoms with Gasteiger partial charge in [0.05, 0.1) is 5.57 Å². The number of aliphatic hydroxyl groups is 1. The standard InChI is InChI=1S/C23H30N4O3/c1-14-19(13-17-16-7-3-4-8-18(16)26-22(17)29)25-15(2)21(14)23(30)24-10-6-12-27-11-5-9-20(27)28/h7-8,13,23-25,30H,3-6,9-12H2,1-2H3,(H,26,29). The third-order valence-corrected chi connectivity index (χ3v) is 6.15. The van der Waals surface area contributed by atoms with Gasteiger partial charge in [0.1, 0.15) is 6.23 Å². The van der Waals surface area contributed by atoms with Crippen molar-refractivity contribution in [1.29, 1.82) is 0 Å². The van der Waals surface area contributed by atoms with Crippen LogP contribution in [-0.2, 0) is 9.59 Å². The molecule has 4 N–H and O–H groups in total. The molecule has 0 spiro atoms. The molecule has 0 bridgehead atoms. The monoisotopic (exact) mass is 410 g/mol. The highest BCUT2D eigenvalue weighted by Gasteiger charge is 2.29. The molecular formula is C23H30N4O3. The number of amides is 2. The van der Waals surface area contributed by atoms with E-state index in [-0.39, 0.29) is 11.8 Å². The molecule has 1 unspecified atom stereocenters. The minimum atomic E-state index is -0.801. The summed E-state index contributed by atoms with van der Waals surface area (Å²) in [4.78, 5) is 29.3. The molecule has 2 aliphatic heterocycles. The van der Waals surface area contributed by atoms with Crippen molar-refractivity contribution in [3.05, 3.63) is 51.5 Å². The number of aromatic amines is 1. The molecule has 2 fully saturated rings. The van der Waals surface area contributed by atoms with Gasteiger partial charge in [0.2, 0.25) is 5.91 Å². The van der Waals surface area contributed by atoms with Crippen molar-refractivity contribution >= 4 is 17.9 Å². The number of aliphatic hydroxyl groups excluding tert-OH is 1. The second-order valence-electron chi connectivity index (χ2n) is 8.22. The lowest BCUT2D eigenvalue weighted by Gasteiger charge is -2.17. The maximum Gasteiger partial charge on any atom is 0.256 e. The fraction of sp³-hybridized carbons (Fsp3) is 0.478. The molecule has 0 saturated carbocycles. The Morgan fingerprint density at radius 3 is 2.83 bits per heavy atom. The smallest absolute Gasteiger partial charge is 0.256 e. The fourth-order valence-corrected chi connectivity index (χ4v) is 4.54. The van der Waals surface area contributed by atoms with Gasteiger partial charge >= 0.3 is 0 Å². The number of carbonyl (C=O) groups is 2. The Hall–Kier alpha value is -2.64. The second kappa shape index (κ2) is 8.62. The molecule has 3 heterocycles. The van der Waals surface area contributed by atoms with Gasteiger partial charge in [0, 0.05) is 47.7 Å². The number of likely N-dealkylation sites (tertiary alicyclic amines) is 1. The van der Waals surface area contributed by atoms with Gasteiger partial charge in [-0.3, -0.25) is 14.9 Å². The maximum atomic E-state index is 12.4. The topological polar surface area (TPSA) is 97.5 Å². The van der Waals surface area contributed by atoms with Crippen LogP contribution < -0.4 is 10.6 Å². The summed E-state index contributed by atoms with van der Waals surface area (Å²) >= 11 is 0. The molecule has 1 aliphatic carbocycles. The predicted octanol–water partition coefficient (Wildman–Crippen LogP) is 2.34. The molecule has 0 aromatic carbocycles. The van der Waals surface area contributed by atoms with E-state index in [2.05, 4.69) is 27.8 Å². The van der Waals surface area contributed by atoms with Crippen LogP contribution in [0.25, 0.3) is 6.08 Å². The summed E-state index contributed by atoms with van der Waals surface area (Å²) in [5, 5.41) is 16.8. The number of hydrogen-bond donors (Lipinski definition) is 4. The first-order valence-corrected chi connectivity index (χ1v) is 10.8. The molecule has 30 heavy (non-hydrogen) atoms. The minimum absolute atomic E-state index is 0.0854. The summed E-state index contributed by atoms with van der Waals surface area (Å²) < 4.78 is 0. The van der Waals surface area contributed by atoms with Crippen LogP contribution in [0, 0.1) is 13.8 Å². The normalized spacial score (nSPS) is 21.0. The van der Waals surface area contributed by atoms with Crippen molar-refractivity contribution in [2.24, 2.45) is 0 Å². The Bertz CT molecular complexity index is 954. The number of rotatable bonds is 7. The van der Waals surface area contributed by atoms with E-state index in [1.54, 1.807) is 0 Å². The zero-order valence-corrected chi connectivity index (χ0v) is 17.7. The molecule has 1 aromatic rings. The molecule has 3 aliphatic rings. The van der Waals surface area contributed by atoms with E-state index in [0.717, 1.165) is 72.6 Å². The van der Waals surface area contributed by atoms with Crippen LogP contribution in [0.1, 0.15) is 60.8 Å². The summed E-state index contributed by atoms with van der Waals surface area (Å²) in [6, 6.07) is 0. The Morgan fingerprint density at radius 1 is 1.27 bits per heavy atom. The third-order valence-electron chi connectivity index (χ3n) is 6.15. The van der Waals surface area contributed by atoms with Crippen LogP contribution in [0.4, 0.5) is 0 Å². The van der Waals surface area contributed by atoms with Crippen LogP contribution in [0.15, 0.2) is 29.0 Å². The van der Waals surface area contributed by atoms with Gasteiger partial charge in [0.25, 0.3) is 5.91 Å². The minimum Gasteiger partial charge on any atom is -0.374 e. The number of aryl methyl sites for hydroxylation is 1. The van der Waals surface area contributed by atoms with E-state index < -0.39 is 6.23 Å². The number of carbonyl (C=O) groups excluding carboxylic acids is 2. The molecular weight excluding hydrogens is 380 g/mol. The molecule has 7 heteroatoms. The largest absolute Gasteiger partial charge is 0.374 e. The van der Waals surface area contributed by atoms with Crippen molar-refractivity contribution < 1.29 is 14.7 Å². The number of allylic oxidation sites excluding steroid dienone is 3. The Kier molecular flexibility index (Phi) is 5.92. The van der Waals surface area contributed by atoms with E-state index in [1.807, 2.05) is 24.8 Å². The lowest BCUT2D eigenvalue weighted by Crippen LogP contribution is -2.30. The summed E-state index contributed by atoms with van der Waals surface area (Å²) in [7, 11) is 0. The van der Waals surface area contributed by atoms with Crippen LogP contribution in [0.3, 0.4) is 0 Å². The van der Waals surface area contributed by atoms with E-state index in [4.69, 9.17) is 0 Å². The fourth-order valence-electron chi connectivity index (χ4n) is 4.54. The molecule has 4 rings (SSSR count). The van der Waals surface area contributed by atoms with Crippen LogP contribution in [0.2, 0.25) is 0 Å². The van der Waals surface area contributed by atoms with Gasteiger partial charge in [0.15, 0.2) is 0 Å². The summed E-state index contributed by atoms with van der Waals surface area (Å²) in [5.41, 5.74) is 5.98. The quantitative estimate of drug-likeness (QED) is 0.315. The van der Waals surface area contributed by atoms with Gasteiger partial charge in [-0.25, -0.2) is 0 Å². The molecule has 2 amide bonds. The van der Waals surface area contributed by atoms with Gasteiger partial charge in [-0.15, -0.1) is 0 Å². The molecule has 0 radical (unpaired) electrons. The first kappa shape index (κ1) is 20.6. The Balaban J connectivity index is 1.43. The molecule has 1 aromatic heterocycles. The van der Waals surface area contributed by atoms with Crippen molar-refractivity contribution in [1.82, 2.24) is 20.5 Å². The predicted molar refractivity (Wildman–Crippen MR) is 115 cm³/mol. The van der Waals surface area contributed by atoms with Crippen LogP contribution in [0.5, 0.6) is 0 Å². The number of H-pyrrole nitrogens is 1. The summed E-state index contributed by atoms with van der Waals surface area (Å²) in [6.07, 6.45) is 9.53. The first-order valence-electron chi connectivity index (χ1n) is 10.8. The molecule has 1 atom stereocenters. The van der Waals surface area contributed by atoms with E-state index in [0.29, 0.717) is 18.5 Å². The highest BCUT2D eigenvalue weighted by molar-refractivity contribution is 6.08. The lowest BCUT2D eigenvalue weighted by molar-refractivity contribution is -0.127. The molecule has 160 valence electrons. The Morgan fingerprint density at radius 2 is 2.07 bits per heavy atom. The molecule has 2 saturated heterocycles. The summed E-state index contributed by atoms with van der Waals surface area (Å²) in [5.74, 6) is 0.144. The highest BCUT2D eigenvalue weighted by Crippen LogP contribution is 2.32. The number of nitrogens with one attached hydrogen (secondary N) is 3. The summed E-state index contributed by atoms with van der Waals surface area (Å²) in [6.45, 7) is 6.07. The van der Waals surface area contributed by atoms with Crippen LogP contribution in [-0.4, -0.2) is 46.4 Å². The zero-order chi connectivity index (χ0) is 21.3. The van der Waals surface area contributed by atoms with Crippen molar-refractivity contribution in [2.75, 3.05) is 19.6 Å². The second-order valence-corrected chi connectivity index (χ2v) is 8.22. The average molecular weight is 411 g/mol. The number of nitrogens with zero attached hydrogens (tertiary/aromatic N) is 1. The van der Waals surface area contributed by atoms with Crippen molar-refractivity contribution in [3.63, 3.8) is 0 Å². The highest BCUT2D eigenvalue weighted by atomic mass is 16.3. The van der Waals surface area contributed by atoms with Gasteiger partial charge < -0.3 is 20.3 Å². The van der Waals surface area contributed by atoms with Gasteiger partial charge in [-0.1, -0.05) is 12.2 Å². The Labute approximate surface area is 176 Å². The number of aromatic nitrogens is 1. The van der Waals surface area contributed by atoms with Crippen molar-refractivity contribution in [2.45, 2.75) is 52.2 Å².